The number of rotatable bonds is 8. The van der Waals surface area contributed by atoms with E-state index in [-0.39, 0.29) is 36.5 Å². The predicted molar refractivity (Wildman–Crippen MR) is 74.5 cm³/mol. The van der Waals surface area contributed by atoms with Crippen molar-refractivity contribution < 1.29 is 27.9 Å². The number of carbonyl (C=O) groups excluding carboxylic acids is 1. The molecule has 0 spiro atoms. The van der Waals surface area contributed by atoms with Crippen LogP contribution in [0, 0.1) is 0 Å². The zero-order valence-corrected chi connectivity index (χ0v) is 12.4. The summed E-state index contributed by atoms with van der Waals surface area (Å²) in [5, 5.41) is 8.48. The summed E-state index contributed by atoms with van der Waals surface area (Å²) in [5.41, 5.74) is 0.144. The fraction of sp³-hybridized carbons (Fsp3) is 0.385. The normalized spacial score (nSPS) is 11.1. The molecule has 0 aliphatic rings. The number of carbonyl (C=O) groups is 2. The van der Waals surface area contributed by atoms with Gasteiger partial charge in [0.05, 0.1) is 17.1 Å². The van der Waals surface area contributed by atoms with E-state index in [1.165, 1.54) is 24.3 Å². The summed E-state index contributed by atoms with van der Waals surface area (Å²) >= 11 is 0. The van der Waals surface area contributed by atoms with Crippen molar-refractivity contribution in [3.05, 3.63) is 29.8 Å². The van der Waals surface area contributed by atoms with Gasteiger partial charge in [-0.15, -0.1) is 0 Å². The number of nitrogens with one attached hydrogen (secondary N) is 1. The van der Waals surface area contributed by atoms with Crippen molar-refractivity contribution in [2.45, 2.75) is 24.7 Å². The third kappa shape index (κ3) is 5.52. The summed E-state index contributed by atoms with van der Waals surface area (Å²) in [5.74, 6) is -1.58. The number of ether oxygens (including phenoxy) is 1. The van der Waals surface area contributed by atoms with Gasteiger partial charge in [-0.1, -0.05) is 6.07 Å². The fourth-order valence-corrected chi connectivity index (χ4v) is 2.65. The molecule has 21 heavy (non-hydrogen) atoms. The third-order valence-electron chi connectivity index (χ3n) is 2.51. The van der Waals surface area contributed by atoms with Crippen molar-refractivity contribution in [1.82, 2.24) is 4.72 Å². The highest BCUT2D eigenvalue weighted by Gasteiger charge is 2.16. The van der Waals surface area contributed by atoms with Gasteiger partial charge in [-0.3, -0.25) is 4.79 Å². The molecule has 0 fully saturated rings. The highest BCUT2D eigenvalue weighted by atomic mass is 32.2. The van der Waals surface area contributed by atoms with Gasteiger partial charge in [-0.25, -0.2) is 17.9 Å². The Balaban J connectivity index is 2.76. The van der Waals surface area contributed by atoms with Gasteiger partial charge in [0.25, 0.3) is 0 Å². The van der Waals surface area contributed by atoms with Crippen LogP contribution in [0.2, 0.25) is 0 Å². The Kier molecular flexibility index (Phi) is 6.32. The summed E-state index contributed by atoms with van der Waals surface area (Å²) in [6.07, 6.45) is 0.0670. The van der Waals surface area contributed by atoms with Gasteiger partial charge in [0.1, 0.15) is 0 Å². The molecule has 2 N–H and O–H groups in total. The molecular weight excluding hydrogens is 298 g/mol. The first-order chi connectivity index (χ1) is 9.86. The molecule has 1 aromatic carbocycles. The van der Waals surface area contributed by atoms with Crippen molar-refractivity contribution in [3.8, 4) is 0 Å². The Morgan fingerprint density at radius 1 is 1.33 bits per heavy atom. The van der Waals surface area contributed by atoms with E-state index in [1.807, 2.05) is 0 Å². The average molecular weight is 315 g/mol. The lowest BCUT2D eigenvalue weighted by atomic mass is 10.2. The molecule has 1 aromatic rings. The minimum absolute atomic E-state index is 0.0122. The van der Waals surface area contributed by atoms with E-state index >= 15 is 0 Å². The van der Waals surface area contributed by atoms with Gasteiger partial charge in [-0.2, -0.15) is 0 Å². The largest absolute Gasteiger partial charge is 0.481 e. The van der Waals surface area contributed by atoms with Gasteiger partial charge in [0.15, 0.2) is 0 Å². The molecule has 8 heteroatoms. The van der Waals surface area contributed by atoms with Gasteiger partial charge in [0, 0.05) is 13.0 Å². The molecule has 0 saturated heterocycles. The van der Waals surface area contributed by atoms with E-state index in [0.29, 0.717) is 0 Å². The lowest BCUT2D eigenvalue weighted by Crippen LogP contribution is -2.25. The SMILES string of the molecule is CCOC(=O)c1cccc(S(=O)(=O)NCCCC(=O)O)c1. The smallest absolute Gasteiger partial charge is 0.338 e. The molecule has 0 aliphatic carbocycles. The maximum Gasteiger partial charge on any atom is 0.338 e. The lowest BCUT2D eigenvalue weighted by Gasteiger charge is -2.07. The second-order valence-electron chi connectivity index (χ2n) is 4.14. The lowest BCUT2D eigenvalue weighted by molar-refractivity contribution is -0.137. The summed E-state index contributed by atoms with van der Waals surface area (Å²) in [4.78, 5) is 21.8. The highest BCUT2D eigenvalue weighted by molar-refractivity contribution is 7.89. The Labute approximate surface area is 123 Å². The van der Waals surface area contributed by atoms with Crippen molar-refractivity contribution in [1.29, 1.82) is 0 Å². The van der Waals surface area contributed by atoms with Crippen LogP contribution in [0.5, 0.6) is 0 Å². The topological polar surface area (TPSA) is 110 Å². The van der Waals surface area contributed by atoms with Crippen molar-refractivity contribution in [3.63, 3.8) is 0 Å². The molecule has 0 aliphatic heterocycles. The second-order valence-corrected chi connectivity index (χ2v) is 5.91. The van der Waals surface area contributed by atoms with Crippen molar-refractivity contribution >= 4 is 22.0 Å². The molecule has 0 amide bonds. The number of sulfonamides is 1. The predicted octanol–water partition coefficient (Wildman–Crippen LogP) is 1.01. The molecule has 0 heterocycles. The Bertz CT molecular complexity index is 611. The van der Waals surface area contributed by atoms with E-state index in [9.17, 15) is 18.0 Å². The van der Waals surface area contributed by atoms with Crippen LogP contribution in [0.15, 0.2) is 29.2 Å². The number of esters is 1. The number of carboxylic acids is 1. The zero-order chi connectivity index (χ0) is 15.9. The van der Waals surface area contributed by atoms with Crippen LogP contribution in [0.4, 0.5) is 0 Å². The Morgan fingerprint density at radius 2 is 2.05 bits per heavy atom. The zero-order valence-electron chi connectivity index (χ0n) is 11.5. The standard InChI is InChI=1S/C13H17NO6S/c1-2-20-13(17)10-5-3-6-11(9-10)21(18,19)14-8-4-7-12(15)16/h3,5-6,9,14H,2,4,7-8H2,1H3,(H,15,16). The first-order valence-corrected chi connectivity index (χ1v) is 7.83. The molecule has 0 radical (unpaired) electrons. The van der Waals surface area contributed by atoms with Gasteiger partial charge in [0.2, 0.25) is 10.0 Å². The molecule has 0 saturated carbocycles. The average Bonchev–Trinajstić information content (AvgIpc) is 2.44. The summed E-state index contributed by atoms with van der Waals surface area (Å²) in [6, 6.07) is 5.47. The van der Waals surface area contributed by atoms with Crippen molar-refractivity contribution in [2.75, 3.05) is 13.2 Å². The first kappa shape index (κ1) is 17.1. The number of hydrogen-bond donors (Lipinski definition) is 2. The monoisotopic (exact) mass is 315 g/mol. The molecule has 1 rings (SSSR count). The third-order valence-corrected chi connectivity index (χ3v) is 3.97. The minimum atomic E-state index is -3.78. The van der Waals surface area contributed by atoms with E-state index in [0.717, 1.165) is 0 Å². The summed E-state index contributed by atoms with van der Waals surface area (Å²) in [6.45, 7) is 1.87. The summed E-state index contributed by atoms with van der Waals surface area (Å²) in [7, 11) is -3.78. The molecule has 7 nitrogen and oxygen atoms in total. The van der Waals surface area contributed by atoms with Crippen LogP contribution >= 0.6 is 0 Å². The van der Waals surface area contributed by atoms with E-state index in [2.05, 4.69) is 4.72 Å². The van der Waals surface area contributed by atoms with E-state index < -0.39 is 22.0 Å². The van der Waals surface area contributed by atoms with Crippen LogP contribution in [0.1, 0.15) is 30.1 Å². The van der Waals surface area contributed by atoms with E-state index in [4.69, 9.17) is 9.84 Å². The Hall–Kier alpha value is -1.93. The van der Waals surface area contributed by atoms with Crippen LogP contribution < -0.4 is 4.72 Å². The van der Waals surface area contributed by atoms with Crippen LogP contribution in [0.25, 0.3) is 0 Å². The maximum absolute atomic E-state index is 12.0. The second kappa shape index (κ2) is 7.75. The first-order valence-electron chi connectivity index (χ1n) is 6.35. The molecule has 0 bridgehead atoms. The van der Waals surface area contributed by atoms with Gasteiger partial charge in [-0.05, 0) is 31.5 Å². The van der Waals surface area contributed by atoms with Crippen LogP contribution in [-0.2, 0) is 19.6 Å². The number of carboxylic acid groups (broad SMARTS) is 1. The highest BCUT2D eigenvalue weighted by Crippen LogP contribution is 2.12. The van der Waals surface area contributed by atoms with Crippen LogP contribution in [-0.4, -0.2) is 38.6 Å². The molecule has 0 aromatic heterocycles. The summed E-state index contributed by atoms with van der Waals surface area (Å²) < 4.78 is 31.1. The molecule has 0 atom stereocenters. The number of benzene rings is 1. The van der Waals surface area contributed by atoms with Crippen LogP contribution in [0.3, 0.4) is 0 Å². The van der Waals surface area contributed by atoms with Crippen molar-refractivity contribution in [2.24, 2.45) is 0 Å². The molecule has 0 unspecified atom stereocenters. The maximum atomic E-state index is 12.0. The fourth-order valence-electron chi connectivity index (χ4n) is 1.53. The minimum Gasteiger partial charge on any atom is -0.481 e. The number of hydrogen-bond acceptors (Lipinski definition) is 5. The molecule has 116 valence electrons. The Morgan fingerprint density at radius 3 is 2.67 bits per heavy atom. The van der Waals surface area contributed by atoms with Gasteiger partial charge >= 0.3 is 11.9 Å². The quantitative estimate of drug-likeness (QED) is 0.547. The number of aliphatic carboxylic acids is 1. The van der Waals surface area contributed by atoms with E-state index in [1.54, 1.807) is 6.92 Å². The van der Waals surface area contributed by atoms with Gasteiger partial charge < -0.3 is 9.84 Å². The molecular formula is C13H17NO6S.